The lowest BCUT2D eigenvalue weighted by atomic mass is 10.0. The first kappa shape index (κ1) is 14.3. The summed E-state index contributed by atoms with van der Waals surface area (Å²) < 4.78 is 15.8. The lowest BCUT2D eigenvalue weighted by molar-refractivity contribution is -0.0106. The Morgan fingerprint density at radius 1 is 1.35 bits per heavy atom. The zero-order valence-electron chi connectivity index (χ0n) is 12.0. The lowest BCUT2D eigenvalue weighted by Gasteiger charge is -2.21. The molecule has 108 valence electrons. The summed E-state index contributed by atoms with van der Waals surface area (Å²) >= 11 is 0. The van der Waals surface area contributed by atoms with Crippen LogP contribution in [0.3, 0.4) is 0 Å². The smallest absolute Gasteiger partial charge is 0.261 e. The number of aromatic nitrogens is 2. The fourth-order valence-electron chi connectivity index (χ4n) is 1.75. The molecule has 2 rings (SSSR count). The highest BCUT2D eigenvalue weighted by atomic mass is 16.5. The topological polar surface area (TPSA) is 77.6 Å². The number of phenolic OH excluding ortho intramolecular Hbond substituents is 1. The fraction of sp³-hybridized carbons (Fsp3) is 0.429. The van der Waals surface area contributed by atoms with Gasteiger partial charge in [-0.15, -0.1) is 0 Å². The summed E-state index contributed by atoms with van der Waals surface area (Å²) in [5.41, 5.74) is -0.186. The van der Waals surface area contributed by atoms with Crippen LogP contribution < -0.4 is 4.74 Å². The van der Waals surface area contributed by atoms with Crippen molar-refractivity contribution in [2.75, 3.05) is 14.2 Å². The van der Waals surface area contributed by atoms with Crippen molar-refractivity contribution in [3.8, 4) is 23.0 Å². The number of ether oxygens (including phenoxy) is 2. The van der Waals surface area contributed by atoms with Gasteiger partial charge < -0.3 is 19.1 Å². The third kappa shape index (κ3) is 2.46. The minimum absolute atomic E-state index is 0.0524. The predicted molar refractivity (Wildman–Crippen MR) is 72.6 cm³/mol. The van der Waals surface area contributed by atoms with E-state index in [2.05, 4.69) is 10.1 Å². The minimum Gasteiger partial charge on any atom is -0.507 e. The van der Waals surface area contributed by atoms with Crippen LogP contribution in [0.5, 0.6) is 11.5 Å². The van der Waals surface area contributed by atoms with E-state index in [1.807, 2.05) is 13.8 Å². The van der Waals surface area contributed by atoms with Gasteiger partial charge in [-0.2, -0.15) is 4.98 Å². The van der Waals surface area contributed by atoms with Gasteiger partial charge in [-0.25, -0.2) is 0 Å². The molecule has 1 heterocycles. The molecule has 1 unspecified atom stereocenters. The van der Waals surface area contributed by atoms with E-state index in [-0.39, 0.29) is 11.6 Å². The second-order valence-corrected chi connectivity index (χ2v) is 4.59. The molecule has 0 aliphatic carbocycles. The Labute approximate surface area is 117 Å². The molecule has 20 heavy (non-hydrogen) atoms. The molecule has 6 nitrogen and oxygen atoms in total. The van der Waals surface area contributed by atoms with Crippen LogP contribution in [0.1, 0.15) is 26.1 Å². The van der Waals surface area contributed by atoms with Crippen LogP contribution in [-0.4, -0.2) is 29.5 Å². The Kier molecular flexibility index (Phi) is 3.94. The summed E-state index contributed by atoms with van der Waals surface area (Å²) in [6, 6.07) is 4.82. The monoisotopic (exact) mass is 278 g/mol. The minimum atomic E-state index is -0.615. The predicted octanol–water partition coefficient (Wildman–Crippen LogP) is 2.72. The van der Waals surface area contributed by atoms with Gasteiger partial charge in [0.05, 0.1) is 12.7 Å². The lowest BCUT2D eigenvalue weighted by Crippen LogP contribution is -2.24. The number of aromatic hydroxyl groups is 1. The molecule has 1 N–H and O–H groups in total. The van der Waals surface area contributed by atoms with E-state index in [0.29, 0.717) is 23.6 Å². The Morgan fingerprint density at radius 3 is 2.70 bits per heavy atom. The third-order valence-electron chi connectivity index (χ3n) is 3.46. The number of rotatable bonds is 5. The molecule has 0 saturated heterocycles. The van der Waals surface area contributed by atoms with Crippen molar-refractivity contribution in [1.29, 1.82) is 0 Å². The van der Waals surface area contributed by atoms with Crippen LogP contribution in [0, 0.1) is 0 Å². The second-order valence-electron chi connectivity index (χ2n) is 4.59. The molecular formula is C14H18N2O4. The highest BCUT2D eigenvalue weighted by molar-refractivity contribution is 5.64. The number of hydrogen-bond donors (Lipinski definition) is 1. The van der Waals surface area contributed by atoms with Crippen LogP contribution in [0.2, 0.25) is 0 Å². The second kappa shape index (κ2) is 5.50. The Balaban J connectivity index is 2.43. The number of hydrogen-bond acceptors (Lipinski definition) is 6. The quantitative estimate of drug-likeness (QED) is 0.906. The zero-order chi connectivity index (χ0) is 14.8. The van der Waals surface area contributed by atoms with E-state index in [4.69, 9.17) is 14.0 Å². The van der Waals surface area contributed by atoms with Crippen LogP contribution in [0.25, 0.3) is 11.5 Å². The van der Waals surface area contributed by atoms with Crippen molar-refractivity contribution in [2.24, 2.45) is 0 Å². The molecule has 1 atom stereocenters. The molecule has 0 fully saturated rings. The van der Waals surface area contributed by atoms with E-state index in [1.54, 1.807) is 26.4 Å². The first-order valence-corrected chi connectivity index (χ1v) is 6.30. The Hall–Kier alpha value is -2.08. The molecule has 0 radical (unpaired) electrons. The number of nitrogens with zero attached hydrogens (tertiary/aromatic N) is 2. The van der Waals surface area contributed by atoms with Crippen molar-refractivity contribution in [3.63, 3.8) is 0 Å². The van der Waals surface area contributed by atoms with E-state index in [9.17, 15) is 5.11 Å². The fourth-order valence-corrected chi connectivity index (χ4v) is 1.75. The molecule has 0 bridgehead atoms. The number of benzene rings is 1. The van der Waals surface area contributed by atoms with Crippen LogP contribution in [0.4, 0.5) is 0 Å². The molecule has 0 aliphatic heterocycles. The van der Waals surface area contributed by atoms with Gasteiger partial charge in [0, 0.05) is 7.11 Å². The maximum Gasteiger partial charge on any atom is 0.261 e. The summed E-state index contributed by atoms with van der Waals surface area (Å²) in [5.74, 6) is 1.33. The standard InChI is InChI=1S/C14H18N2O4/c1-5-14(2,19-4)13-15-12(20-16-13)10-8-9(18-3)6-7-11(10)17/h6-8,17H,5H2,1-4H3. The van der Waals surface area contributed by atoms with Gasteiger partial charge in [0.1, 0.15) is 17.1 Å². The SMILES string of the molecule is CCC(C)(OC)c1noc(-c2cc(OC)ccc2O)n1. The maximum atomic E-state index is 9.90. The molecular weight excluding hydrogens is 260 g/mol. The van der Waals surface area contributed by atoms with Gasteiger partial charge in [0.25, 0.3) is 5.89 Å². The highest BCUT2D eigenvalue weighted by Gasteiger charge is 2.30. The zero-order valence-corrected chi connectivity index (χ0v) is 12.0. The summed E-state index contributed by atoms with van der Waals surface area (Å²) in [7, 11) is 3.15. The number of methoxy groups -OCH3 is 2. The van der Waals surface area contributed by atoms with Crippen molar-refractivity contribution >= 4 is 0 Å². The Morgan fingerprint density at radius 2 is 2.10 bits per heavy atom. The van der Waals surface area contributed by atoms with Gasteiger partial charge in [-0.1, -0.05) is 12.1 Å². The maximum absolute atomic E-state index is 9.90. The van der Waals surface area contributed by atoms with Gasteiger partial charge in [0.15, 0.2) is 0 Å². The third-order valence-corrected chi connectivity index (χ3v) is 3.46. The van der Waals surface area contributed by atoms with E-state index in [1.165, 1.54) is 6.07 Å². The molecule has 6 heteroatoms. The molecule has 0 saturated carbocycles. The molecule has 0 aliphatic rings. The first-order valence-electron chi connectivity index (χ1n) is 6.30. The van der Waals surface area contributed by atoms with Crippen molar-refractivity contribution in [1.82, 2.24) is 10.1 Å². The first-order chi connectivity index (χ1) is 9.54. The molecule has 1 aromatic heterocycles. The van der Waals surface area contributed by atoms with Crippen LogP contribution in [0.15, 0.2) is 22.7 Å². The van der Waals surface area contributed by atoms with Gasteiger partial charge in [-0.3, -0.25) is 0 Å². The van der Waals surface area contributed by atoms with Crippen LogP contribution in [-0.2, 0) is 10.3 Å². The average molecular weight is 278 g/mol. The van der Waals surface area contributed by atoms with Crippen molar-refractivity contribution < 1.29 is 19.1 Å². The van der Waals surface area contributed by atoms with Gasteiger partial charge in [0.2, 0.25) is 5.82 Å². The van der Waals surface area contributed by atoms with E-state index in [0.717, 1.165) is 0 Å². The van der Waals surface area contributed by atoms with Gasteiger partial charge in [-0.05, 0) is 31.5 Å². The molecule has 2 aromatic rings. The average Bonchev–Trinajstić information content (AvgIpc) is 2.97. The molecule has 0 spiro atoms. The van der Waals surface area contributed by atoms with Crippen molar-refractivity contribution in [3.05, 3.63) is 24.0 Å². The number of phenols is 1. The highest BCUT2D eigenvalue weighted by Crippen LogP contribution is 2.33. The summed E-state index contributed by atoms with van der Waals surface area (Å²) in [5, 5.41) is 13.8. The Bertz CT molecular complexity index is 591. The summed E-state index contributed by atoms with van der Waals surface area (Å²) in [6.45, 7) is 3.86. The van der Waals surface area contributed by atoms with E-state index < -0.39 is 5.60 Å². The molecule has 1 aromatic carbocycles. The molecule has 0 amide bonds. The van der Waals surface area contributed by atoms with Gasteiger partial charge >= 0.3 is 0 Å². The summed E-state index contributed by atoms with van der Waals surface area (Å²) in [6.07, 6.45) is 0.701. The van der Waals surface area contributed by atoms with E-state index >= 15 is 0 Å². The van der Waals surface area contributed by atoms with Crippen LogP contribution >= 0.6 is 0 Å². The summed E-state index contributed by atoms with van der Waals surface area (Å²) in [4.78, 5) is 4.31. The van der Waals surface area contributed by atoms with Crippen molar-refractivity contribution in [2.45, 2.75) is 25.9 Å². The normalized spacial score (nSPS) is 14.0. The largest absolute Gasteiger partial charge is 0.507 e.